The Morgan fingerprint density at radius 1 is 1.03 bits per heavy atom. The number of nitrogens with zero attached hydrogens (tertiary/aromatic N) is 1. The number of likely N-dealkylation sites (tertiary alicyclic amines) is 1. The van der Waals surface area contributed by atoms with Gasteiger partial charge < -0.3 is 24.7 Å². The predicted molar refractivity (Wildman–Crippen MR) is 118 cm³/mol. The van der Waals surface area contributed by atoms with E-state index in [-0.39, 0.29) is 5.92 Å². The van der Waals surface area contributed by atoms with Crippen molar-refractivity contribution in [3.05, 3.63) is 59.8 Å². The van der Waals surface area contributed by atoms with Crippen LogP contribution in [-0.2, 0) is 0 Å². The SMILES string of the molecule is COc1cccc([C@@H](CNC2CCN(C)CC2)c2c[nH]c3ccccc23)c1OC. The highest BCUT2D eigenvalue weighted by Crippen LogP contribution is 2.40. The van der Waals surface area contributed by atoms with Gasteiger partial charge in [-0.2, -0.15) is 0 Å². The van der Waals surface area contributed by atoms with E-state index in [0.717, 1.165) is 42.2 Å². The number of H-pyrrole nitrogens is 1. The molecular formula is C24H31N3O2. The predicted octanol–water partition coefficient (Wildman–Crippen LogP) is 4.00. The summed E-state index contributed by atoms with van der Waals surface area (Å²) in [4.78, 5) is 5.84. The zero-order valence-corrected chi connectivity index (χ0v) is 17.6. The molecule has 0 radical (unpaired) electrons. The van der Waals surface area contributed by atoms with Crippen LogP contribution in [0.4, 0.5) is 0 Å². The van der Waals surface area contributed by atoms with E-state index in [0.29, 0.717) is 6.04 Å². The van der Waals surface area contributed by atoms with E-state index in [2.05, 4.69) is 58.8 Å². The minimum absolute atomic E-state index is 0.163. The number of hydrogen-bond donors (Lipinski definition) is 2. The molecule has 1 aromatic heterocycles. The van der Waals surface area contributed by atoms with E-state index in [1.165, 1.54) is 23.8 Å². The molecule has 2 aromatic carbocycles. The highest BCUT2D eigenvalue weighted by molar-refractivity contribution is 5.84. The Morgan fingerprint density at radius 3 is 2.59 bits per heavy atom. The number of benzene rings is 2. The second kappa shape index (κ2) is 8.89. The zero-order valence-electron chi connectivity index (χ0n) is 17.6. The lowest BCUT2D eigenvalue weighted by Gasteiger charge is -2.31. The van der Waals surface area contributed by atoms with Gasteiger partial charge in [-0.15, -0.1) is 0 Å². The van der Waals surface area contributed by atoms with Crippen LogP contribution in [0, 0.1) is 0 Å². The lowest BCUT2D eigenvalue weighted by atomic mass is 9.89. The van der Waals surface area contributed by atoms with Crippen LogP contribution >= 0.6 is 0 Å². The number of hydrogen-bond acceptors (Lipinski definition) is 4. The first-order chi connectivity index (χ1) is 14.2. The summed E-state index contributed by atoms with van der Waals surface area (Å²) in [6.45, 7) is 3.16. The highest BCUT2D eigenvalue weighted by atomic mass is 16.5. The Morgan fingerprint density at radius 2 is 1.83 bits per heavy atom. The molecule has 1 aliphatic heterocycles. The number of para-hydroxylation sites is 2. The van der Waals surface area contributed by atoms with Crippen LogP contribution in [0.25, 0.3) is 10.9 Å². The second-order valence-corrected chi connectivity index (χ2v) is 7.91. The molecule has 5 heteroatoms. The molecule has 0 bridgehead atoms. The maximum Gasteiger partial charge on any atom is 0.164 e. The largest absolute Gasteiger partial charge is 0.493 e. The Balaban J connectivity index is 1.70. The normalized spacial score (nSPS) is 16.8. The Labute approximate surface area is 173 Å². The Kier molecular flexibility index (Phi) is 6.07. The number of rotatable bonds is 7. The highest BCUT2D eigenvalue weighted by Gasteiger charge is 2.25. The minimum atomic E-state index is 0.163. The van der Waals surface area contributed by atoms with E-state index in [4.69, 9.17) is 9.47 Å². The summed E-state index contributed by atoms with van der Waals surface area (Å²) in [5, 5.41) is 5.10. The summed E-state index contributed by atoms with van der Waals surface area (Å²) >= 11 is 0. The summed E-state index contributed by atoms with van der Waals surface area (Å²) in [5.41, 5.74) is 3.60. The monoisotopic (exact) mass is 393 g/mol. The van der Waals surface area contributed by atoms with Crippen molar-refractivity contribution >= 4 is 10.9 Å². The van der Waals surface area contributed by atoms with Crippen LogP contribution in [-0.4, -0.2) is 56.8 Å². The van der Waals surface area contributed by atoms with Crippen LogP contribution in [0.5, 0.6) is 11.5 Å². The van der Waals surface area contributed by atoms with Crippen molar-refractivity contribution in [1.29, 1.82) is 0 Å². The molecule has 0 saturated carbocycles. The molecule has 2 N–H and O–H groups in total. The quantitative estimate of drug-likeness (QED) is 0.637. The number of ether oxygens (including phenoxy) is 2. The van der Waals surface area contributed by atoms with Gasteiger partial charge in [0.05, 0.1) is 14.2 Å². The van der Waals surface area contributed by atoms with Crippen molar-refractivity contribution < 1.29 is 9.47 Å². The minimum Gasteiger partial charge on any atom is -0.493 e. The van der Waals surface area contributed by atoms with Crippen LogP contribution in [0.3, 0.4) is 0 Å². The summed E-state index contributed by atoms with van der Waals surface area (Å²) < 4.78 is 11.4. The fourth-order valence-corrected chi connectivity index (χ4v) is 4.45. The van der Waals surface area contributed by atoms with Crippen LogP contribution in [0.2, 0.25) is 0 Å². The summed E-state index contributed by atoms with van der Waals surface area (Å²) in [7, 11) is 5.61. The smallest absolute Gasteiger partial charge is 0.164 e. The van der Waals surface area contributed by atoms with Crippen molar-refractivity contribution in [2.24, 2.45) is 0 Å². The molecule has 2 heterocycles. The fraction of sp³-hybridized carbons (Fsp3) is 0.417. The number of aromatic amines is 1. The van der Waals surface area contributed by atoms with Gasteiger partial charge in [-0.25, -0.2) is 0 Å². The van der Waals surface area contributed by atoms with E-state index < -0.39 is 0 Å². The van der Waals surface area contributed by atoms with E-state index in [1.807, 2.05) is 12.1 Å². The maximum atomic E-state index is 5.79. The molecular weight excluding hydrogens is 362 g/mol. The molecule has 154 valence electrons. The molecule has 0 amide bonds. The Bertz CT molecular complexity index is 944. The van der Waals surface area contributed by atoms with Crippen LogP contribution in [0.1, 0.15) is 29.9 Å². The standard InChI is InChI=1S/C24H31N3O2/c1-27-13-11-17(12-14-27)25-15-21(19-8-6-10-23(28-2)24(19)29-3)20-16-26-22-9-5-4-7-18(20)22/h4-10,16-17,21,25-26H,11-15H2,1-3H3/t21-/m1/s1. The maximum absolute atomic E-state index is 5.79. The fourth-order valence-electron chi connectivity index (χ4n) is 4.45. The molecule has 1 saturated heterocycles. The summed E-state index contributed by atoms with van der Waals surface area (Å²) in [6, 6.07) is 15.2. The third-order valence-electron chi connectivity index (χ3n) is 6.13. The van der Waals surface area contributed by atoms with Gasteiger partial charge in [0.2, 0.25) is 0 Å². The van der Waals surface area contributed by atoms with Gasteiger partial charge in [0.1, 0.15) is 0 Å². The molecule has 0 unspecified atom stereocenters. The van der Waals surface area contributed by atoms with Gasteiger partial charge in [0.15, 0.2) is 11.5 Å². The lowest BCUT2D eigenvalue weighted by molar-refractivity contribution is 0.234. The van der Waals surface area contributed by atoms with E-state index in [1.54, 1.807) is 14.2 Å². The summed E-state index contributed by atoms with van der Waals surface area (Å²) in [5.74, 6) is 1.75. The van der Waals surface area contributed by atoms with Gasteiger partial charge in [0.25, 0.3) is 0 Å². The molecule has 1 aliphatic rings. The number of nitrogens with one attached hydrogen (secondary N) is 2. The van der Waals surface area contributed by atoms with Crippen LogP contribution in [0.15, 0.2) is 48.7 Å². The molecule has 3 aromatic rings. The number of piperidine rings is 1. The average molecular weight is 394 g/mol. The first-order valence-electron chi connectivity index (χ1n) is 10.4. The van der Waals surface area contributed by atoms with Crippen molar-refractivity contribution in [3.63, 3.8) is 0 Å². The average Bonchev–Trinajstić information content (AvgIpc) is 3.19. The molecule has 29 heavy (non-hydrogen) atoms. The molecule has 0 aliphatic carbocycles. The van der Waals surface area contributed by atoms with Gasteiger partial charge >= 0.3 is 0 Å². The first-order valence-corrected chi connectivity index (χ1v) is 10.4. The van der Waals surface area contributed by atoms with E-state index >= 15 is 0 Å². The van der Waals surface area contributed by atoms with Gasteiger partial charge in [-0.05, 0) is 50.7 Å². The molecule has 1 fully saturated rings. The number of methoxy groups -OCH3 is 2. The number of aromatic nitrogens is 1. The van der Waals surface area contributed by atoms with Crippen molar-refractivity contribution in [2.45, 2.75) is 24.8 Å². The van der Waals surface area contributed by atoms with E-state index in [9.17, 15) is 0 Å². The Hall–Kier alpha value is -2.50. The number of fused-ring (bicyclic) bond motifs is 1. The van der Waals surface area contributed by atoms with Crippen molar-refractivity contribution in [3.8, 4) is 11.5 Å². The molecule has 0 spiro atoms. The third kappa shape index (κ3) is 4.11. The second-order valence-electron chi connectivity index (χ2n) is 7.91. The summed E-state index contributed by atoms with van der Waals surface area (Å²) in [6.07, 6.45) is 4.52. The van der Waals surface area contributed by atoms with Gasteiger partial charge in [-0.3, -0.25) is 0 Å². The van der Waals surface area contributed by atoms with Gasteiger partial charge in [0, 0.05) is 41.2 Å². The first kappa shape index (κ1) is 19.8. The van der Waals surface area contributed by atoms with Crippen molar-refractivity contribution in [1.82, 2.24) is 15.2 Å². The topological polar surface area (TPSA) is 49.5 Å². The van der Waals surface area contributed by atoms with Crippen LogP contribution < -0.4 is 14.8 Å². The molecule has 4 rings (SSSR count). The zero-order chi connectivity index (χ0) is 20.2. The van der Waals surface area contributed by atoms with Gasteiger partial charge in [-0.1, -0.05) is 30.3 Å². The third-order valence-corrected chi connectivity index (χ3v) is 6.13. The molecule has 5 nitrogen and oxygen atoms in total. The van der Waals surface area contributed by atoms with Crippen molar-refractivity contribution in [2.75, 3.05) is 40.9 Å². The molecule has 1 atom stereocenters. The lowest BCUT2D eigenvalue weighted by Crippen LogP contribution is -2.42.